The van der Waals surface area contributed by atoms with Crippen molar-refractivity contribution >= 4 is 28.0 Å². The van der Waals surface area contributed by atoms with Gasteiger partial charge in [0, 0.05) is 25.1 Å². The Bertz CT molecular complexity index is 2300. The van der Waals surface area contributed by atoms with Gasteiger partial charge in [0.1, 0.15) is 25.1 Å². The van der Waals surface area contributed by atoms with E-state index in [2.05, 4.69) is 0 Å². The van der Waals surface area contributed by atoms with Crippen LogP contribution < -0.4 is 11.2 Å². The third-order valence-electron chi connectivity index (χ3n) is 11.0. The quantitative estimate of drug-likeness (QED) is 0.0585. The highest BCUT2D eigenvalue weighted by Gasteiger charge is 2.99. The fourth-order valence-electron chi connectivity index (χ4n) is 8.12. The van der Waals surface area contributed by atoms with Gasteiger partial charge in [0.2, 0.25) is 13.6 Å². The van der Waals surface area contributed by atoms with Crippen molar-refractivity contribution in [2.24, 2.45) is 0 Å². The zero-order valence-corrected chi connectivity index (χ0v) is 38.0. The van der Waals surface area contributed by atoms with Gasteiger partial charge >= 0.3 is 33.6 Å². The molecular weight excluding hydrogens is 905 g/mol. The third kappa shape index (κ3) is 10.0. The first-order chi connectivity index (χ1) is 30.9. The van der Waals surface area contributed by atoms with Gasteiger partial charge in [-0.15, -0.1) is 0 Å². The minimum absolute atomic E-state index is 0.205. The molecule has 356 valence electrons. The second kappa shape index (κ2) is 19.5. The lowest BCUT2D eigenvalue weighted by Crippen LogP contribution is -2.51. The second-order valence-electron chi connectivity index (χ2n) is 16.2. The van der Waals surface area contributed by atoms with Gasteiger partial charge in [-0.25, -0.2) is 41.5 Å². The van der Waals surface area contributed by atoms with Gasteiger partial charge in [-0.2, -0.15) is 0 Å². The normalized spacial score (nSPS) is 25.4. The summed E-state index contributed by atoms with van der Waals surface area (Å²) in [5.41, 5.74) is -6.69. The number of hydrogen-bond acceptors (Lipinski definition) is 19. The molecule has 2 saturated heterocycles. The molecule has 4 fully saturated rings. The van der Waals surface area contributed by atoms with E-state index in [1.165, 1.54) is 6.92 Å². The molecule has 3 heterocycles. The number of aromatic nitrogens is 2. The van der Waals surface area contributed by atoms with E-state index in [1.807, 2.05) is 0 Å². The lowest BCUT2D eigenvalue weighted by molar-refractivity contribution is -0.234. The molecule has 0 N–H and O–H groups in total. The van der Waals surface area contributed by atoms with Crippen molar-refractivity contribution < 1.29 is 83.4 Å². The van der Waals surface area contributed by atoms with Gasteiger partial charge in [0.15, 0.2) is 23.2 Å². The highest BCUT2D eigenvalue weighted by atomic mass is 31.2. The lowest BCUT2D eigenvalue weighted by atomic mass is 9.94. The fourth-order valence-corrected chi connectivity index (χ4v) is 10.4. The molecule has 4 aliphatic rings. The van der Waals surface area contributed by atoms with Crippen LogP contribution in [0, 0.1) is 0 Å². The first kappa shape index (κ1) is 48.6. The largest absolute Gasteiger partial charge is 0.510 e. The Morgan fingerprint density at radius 3 is 1.82 bits per heavy atom. The average Bonchev–Trinajstić information content (AvgIpc) is 3.55. The summed E-state index contributed by atoms with van der Waals surface area (Å²) in [6.07, 6.45) is -3.73. The van der Waals surface area contributed by atoms with Crippen LogP contribution in [0.1, 0.15) is 77.7 Å². The Morgan fingerprint density at radius 2 is 1.31 bits per heavy atom. The highest BCUT2D eigenvalue weighted by Crippen LogP contribution is 2.79. The van der Waals surface area contributed by atoms with E-state index < -0.39 is 113 Å². The lowest BCUT2D eigenvalue weighted by Gasteiger charge is -2.35. The van der Waals surface area contributed by atoms with Crippen molar-refractivity contribution in [2.75, 3.05) is 20.3 Å². The van der Waals surface area contributed by atoms with Gasteiger partial charge in [-0.05, 0) is 58.6 Å². The summed E-state index contributed by atoms with van der Waals surface area (Å²) in [6.45, 7) is 2.86. The molecule has 2 saturated carbocycles. The molecule has 0 radical (unpaired) electrons. The average molecular weight is 957 g/mol. The van der Waals surface area contributed by atoms with Crippen LogP contribution in [0.25, 0.3) is 0 Å². The first-order valence-corrected chi connectivity index (χ1v) is 23.7. The first-order valence-electron chi connectivity index (χ1n) is 20.7. The maximum Gasteiger partial charge on any atom is 0.510 e. The number of alkyl halides is 1. The zero-order chi connectivity index (χ0) is 46.7. The summed E-state index contributed by atoms with van der Waals surface area (Å²) < 4.78 is 118. The van der Waals surface area contributed by atoms with E-state index in [0.717, 1.165) is 16.8 Å². The van der Waals surface area contributed by atoms with E-state index in [4.69, 9.17) is 60.3 Å². The molecule has 24 heteroatoms. The number of phosphoric ester groups is 2. The predicted octanol–water partition coefficient (Wildman–Crippen LogP) is 7.16. The molecule has 65 heavy (non-hydrogen) atoms. The summed E-state index contributed by atoms with van der Waals surface area (Å²) >= 11 is 0. The van der Waals surface area contributed by atoms with Crippen molar-refractivity contribution in [3.8, 4) is 0 Å². The molecule has 2 aliphatic heterocycles. The van der Waals surface area contributed by atoms with Crippen molar-refractivity contribution in [3.63, 3.8) is 0 Å². The van der Waals surface area contributed by atoms with Crippen LogP contribution >= 0.6 is 15.6 Å². The van der Waals surface area contributed by atoms with Crippen molar-refractivity contribution in [2.45, 2.75) is 127 Å². The Balaban J connectivity index is 1.16. The van der Waals surface area contributed by atoms with Crippen molar-refractivity contribution in [1.29, 1.82) is 0 Å². The molecule has 2 spiro atoms. The Labute approximate surface area is 372 Å². The molecule has 0 bridgehead atoms. The smallest absolute Gasteiger partial charge is 0.432 e. The fraction of sp³-hybridized carbons (Fsp3) is 0.561. The molecular formula is C41H51FN2O19P2. The highest BCUT2D eigenvalue weighted by molar-refractivity contribution is 7.48. The monoisotopic (exact) mass is 956 g/mol. The van der Waals surface area contributed by atoms with Gasteiger partial charge in [0.25, 0.3) is 5.56 Å². The Kier molecular flexibility index (Phi) is 14.6. The number of carbonyl (C=O) groups is 2. The van der Waals surface area contributed by atoms with Crippen LogP contribution in [0.15, 0.2) is 82.5 Å². The SMILES string of the molecule is CC(C)OC(=O)OCOP(=O)(OCOC(=O)OC(C)C)O[C@H]1[C@]23OC4(CCCC4)O[C@@]2(C)[C@H](n2ccc(=O)n(COP(=O)(OCc4ccccc4)OCc4ccccc4)c2=O)O[C@]13CF. The minimum atomic E-state index is -5.05. The van der Waals surface area contributed by atoms with Crippen LogP contribution in [-0.4, -0.2) is 82.6 Å². The standard InChI is InChI=1S/C41H51FN2O19P2/c1-28(2)58-36(47)51-26-56-65(50,57-27-52-37(48)59-29(3)4)61-33-40(24-42)41(33)38(5,62-39(63-41)19-12-13-20-39)34(60-40)43-21-18-32(45)44(35(43)46)25-55-64(49,53-22-30-14-8-6-9-15-30)54-23-31-16-10-7-11-17-31/h6-11,14-18,21,28-29,33-34H,12-13,19-20,22-27H2,1-5H3/t33-,34-,38+,40-,41+/m1/s1. The van der Waals surface area contributed by atoms with Crippen molar-refractivity contribution in [1.82, 2.24) is 9.13 Å². The van der Waals surface area contributed by atoms with E-state index in [1.54, 1.807) is 88.4 Å². The number of benzene rings is 2. The molecule has 0 amide bonds. The van der Waals surface area contributed by atoms with Crippen LogP contribution in [0.4, 0.5) is 14.0 Å². The summed E-state index contributed by atoms with van der Waals surface area (Å²) in [4.78, 5) is 51.9. The van der Waals surface area contributed by atoms with Crippen LogP contribution in [0.5, 0.6) is 0 Å². The summed E-state index contributed by atoms with van der Waals surface area (Å²) in [5, 5.41) is 0. The number of ether oxygens (including phenoxy) is 7. The van der Waals surface area contributed by atoms with E-state index >= 15 is 4.39 Å². The Morgan fingerprint density at radius 1 is 0.769 bits per heavy atom. The maximum absolute atomic E-state index is 15.9. The molecule has 2 aliphatic carbocycles. The third-order valence-corrected chi connectivity index (χ3v) is 13.6. The second-order valence-corrected chi connectivity index (χ2v) is 19.5. The van der Waals surface area contributed by atoms with Crippen LogP contribution in [-0.2, 0) is 89.4 Å². The molecule has 1 aromatic heterocycles. The molecule has 2 aromatic carbocycles. The summed E-state index contributed by atoms with van der Waals surface area (Å²) in [7, 11) is -9.56. The summed E-state index contributed by atoms with van der Waals surface area (Å²) in [6, 6.07) is 18.5. The summed E-state index contributed by atoms with van der Waals surface area (Å²) in [5.74, 6) is -1.35. The van der Waals surface area contributed by atoms with E-state index in [0.29, 0.717) is 41.4 Å². The molecule has 5 atom stereocenters. The molecule has 0 unspecified atom stereocenters. The van der Waals surface area contributed by atoms with E-state index in [-0.39, 0.29) is 13.2 Å². The number of rotatable bonds is 21. The number of phosphoric acid groups is 2. The molecule has 7 rings (SSSR count). The van der Waals surface area contributed by atoms with Gasteiger partial charge < -0.3 is 33.2 Å². The number of halogens is 1. The van der Waals surface area contributed by atoms with Crippen LogP contribution in [0.2, 0.25) is 0 Å². The van der Waals surface area contributed by atoms with Crippen molar-refractivity contribution in [3.05, 3.63) is 105 Å². The molecule has 3 aromatic rings. The maximum atomic E-state index is 15.9. The predicted molar refractivity (Wildman–Crippen MR) is 219 cm³/mol. The number of nitrogens with zero attached hydrogens (tertiary/aromatic N) is 2. The zero-order valence-electron chi connectivity index (χ0n) is 36.2. The molecule has 21 nitrogen and oxygen atoms in total. The number of hydrogen-bond donors (Lipinski definition) is 0. The Hall–Kier alpha value is -4.31. The van der Waals surface area contributed by atoms with Gasteiger partial charge in [-0.1, -0.05) is 60.7 Å². The van der Waals surface area contributed by atoms with Gasteiger partial charge in [-0.3, -0.25) is 27.5 Å². The van der Waals surface area contributed by atoms with Gasteiger partial charge in [0.05, 0.1) is 25.4 Å². The minimum Gasteiger partial charge on any atom is -0.432 e. The van der Waals surface area contributed by atoms with E-state index in [9.17, 15) is 28.3 Å². The topological polar surface area (TPSA) is 232 Å². The van der Waals surface area contributed by atoms with Crippen LogP contribution in [0.3, 0.4) is 0 Å². The number of carbonyl (C=O) groups excluding carboxylic acids is 2.